The highest BCUT2D eigenvalue weighted by molar-refractivity contribution is 5.83. The average molecular weight is 272 g/mol. The van der Waals surface area contributed by atoms with Crippen molar-refractivity contribution in [3.63, 3.8) is 0 Å². The van der Waals surface area contributed by atoms with E-state index in [1.165, 1.54) is 0 Å². The highest BCUT2D eigenvalue weighted by Crippen LogP contribution is 2.07. The first-order valence-corrected chi connectivity index (χ1v) is 7.40. The lowest BCUT2D eigenvalue weighted by Gasteiger charge is -2.27. The summed E-state index contributed by atoms with van der Waals surface area (Å²) in [6, 6.07) is 0. The lowest BCUT2D eigenvalue weighted by atomic mass is 9.98. The molecule has 0 aliphatic rings. The van der Waals surface area contributed by atoms with Crippen LogP contribution >= 0.6 is 0 Å². The zero-order valence-corrected chi connectivity index (χ0v) is 13.1. The van der Waals surface area contributed by atoms with Crippen molar-refractivity contribution in [1.82, 2.24) is 9.80 Å². The van der Waals surface area contributed by atoms with E-state index in [0.29, 0.717) is 6.42 Å². The van der Waals surface area contributed by atoms with Crippen molar-refractivity contribution in [1.29, 1.82) is 0 Å². The molecule has 0 rings (SSSR count). The van der Waals surface area contributed by atoms with Crippen molar-refractivity contribution in [2.24, 2.45) is 11.5 Å². The molecule has 1 amide bonds. The maximum absolute atomic E-state index is 11.2. The second kappa shape index (κ2) is 9.28. The summed E-state index contributed by atoms with van der Waals surface area (Å²) >= 11 is 0. The predicted molar refractivity (Wildman–Crippen MR) is 80.9 cm³/mol. The van der Waals surface area contributed by atoms with E-state index >= 15 is 0 Å². The normalized spacial score (nSPS) is 14.9. The fourth-order valence-electron chi connectivity index (χ4n) is 2.00. The Bertz CT molecular complexity index is 252. The number of nitrogens with two attached hydrogens (primary N) is 2. The number of nitrogens with zero attached hydrogens (tertiary/aromatic N) is 2. The van der Waals surface area contributed by atoms with Crippen molar-refractivity contribution < 1.29 is 4.79 Å². The first-order valence-electron chi connectivity index (χ1n) is 7.40. The van der Waals surface area contributed by atoms with Gasteiger partial charge in [0, 0.05) is 6.54 Å². The number of hydrogen-bond donors (Lipinski definition) is 2. The van der Waals surface area contributed by atoms with Gasteiger partial charge in [-0.05, 0) is 52.5 Å². The van der Waals surface area contributed by atoms with E-state index in [4.69, 9.17) is 11.5 Å². The van der Waals surface area contributed by atoms with Crippen molar-refractivity contribution in [2.75, 3.05) is 39.3 Å². The van der Waals surface area contributed by atoms with E-state index in [2.05, 4.69) is 30.6 Å². The zero-order valence-electron chi connectivity index (χ0n) is 13.1. The molecule has 5 heteroatoms. The van der Waals surface area contributed by atoms with Crippen molar-refractivity contribution in [3.8, 4) is 0 Å². The lowest BCUT2D eigenvalue weighted by Crippen LogP contribution is -2.51. The second-order valence-corrected chi connectivity index (χ2v) is 5.35. The minimum Gasteiger partial charge on any atom is -0.368 e. The molecular formula is C14H32N4O. The summed E-state index contributed by atoms with van der Waals surface area (Å²) in [6.45, 7) is 14.4. The van der Waals surface area contributed by atoms with Gasteiger partial charge in [-0.1, -0.05) is 20.8 Å². The van der Waals surface area contributed by atoms with Crippen LogP contribution in [0.3, 0.4) is 0 Å². The Morgan fingerprint density at radius 2 is 1.47 bits per heavy atom. The molecule has 1 atom stereocenters. The summed E-state index contributed by atoms with van der Waals surface area (Å²) in [6.07, 6.45) is 1.76. The minimum atomic E-state index is -0.897. The van der Waals surface area contributed by atoms with Gasteiger partial charge in [0.1, 0.15) is 0 Å². The largest absolute Gasteiger partial charge is 0.368 e. The zero-order chi connectivity index (χ0) is 14.9. The van der Waals surface area contributed by atoms with Crippen LogP contribution < -0.4 is 11.5 Å². The van der Waals surface area contributed by atoms with Crippen LogP contribution in [0.4, 0.5) is 0 Å². The predicted octanol–water partition coefficient (Wildman–Crippen LogP) is 0.633. The smallest absolute Gasteiger partial charge is 0.237 e. The van der Waals surface area contributed by atoms with Gasteiger partial charge in [-0.25, -0.2) is 0 Å². The second-order valence-electron chi connectivity index (χ2n) is 5.35. The molecule has 19 heavy (non-hydrogen) atoms. The van der Waals surface area contributed by atoms with Gasteiger partial charge >= 0.3 is 0 Å². The molecule has 0 saturated carbocycles. The van der Waals surface area contributed by atoms with Crippen molar-refractivity contribution in [3.05, 3.63) is 0 Å². The average Bonchev–Trinajstić information content (AvgIpc) is 2.38. The quantitative estimate of drug-likeness (QED) is 0.578. The standard InChI is InChI=1S/C14H32N4O/c1-5-17(6-2)10-8-11-18(7-3)12-9-14(4,16)13(15)19/h5-12,16H2,1-4H3,(H2,15,19). The minimum absolute atomic E-state index is 0.424. The Morgan fingerprint density at radius 3 is 1.89 bits per heavy atom. The first kappa shape index (κ1) is 18.4. The molecule has 0 aromatic carbocycles. The van der Waals surface area contributed by atoms with Crippen LogP contribution in [0.25, 0.3) is 0 Å². The van der Waals surface area contributed by atoms with E-state index in [1.54, 1.807) is 6.92 Å². The number of primary amides is 1. The van der Waals surface area contributed by atoms with Gasteiger partial charge in [0.2, 0.25) is 5.91 Å². The van der Waals surface area contributed by atoms with E-state index in [9.17, 15) is 4.79 Å². The number of carbonyl (C=O) groups excluding carboxylic acids is 1. The molecule has 4 N–H and O–H groups in total. The molecule has 0 saturated heterocycles. The topological polar surface area (TPSA) is 75.6 Å². The number of amides is 1. The Labute approximate surface area is 118 Å². The first-order chi connectivity index (χ1) is 8.87. The van der Waals surface area contributed by atoms with Gasteiger partial charge in [-0.3, -0.25) is 4.79 Å². The van der Waals surface area contributed by atoms with Crippen LogP contribution in [-0.2, 0) is 4.79 Å². The Hall–Kier alpha value is -0.650. The molecule has 0 radical (unpaired) electrons. The molecular weight excluding hydrogens is 240 g/mol. The molecule has 0 aromatic heterocycles. The molecule has 0 aromatic rings. The molecule has 5 nitrogen and oxygen atoms in total. The molecule has 0 fully saturated rings. The summed E-state index contributed by atoms with van der Waals surface area (Å²) in [5.41, 5.74) is 10.3. The molecule has 0 aliphatic carbocycles. The van der Waals surface area contributed by atoms with Crippen LogP contribution in [0, 0.1) is 0 Å². The van der Waals surface area contributed by atoms with Gasteiger partial charge in [0.25, 0.3) is 0 Å². The highest BCUT2D eigenvalue weighted by Gasteiger charge is 2.25. The lowest BCUT2D eigenvalue weighted by molar-refractivity contribution is -0.122. The van der Waals surface area contributed by atoms with Crippen LogP contribution in [0.15, 0.2) is 0 Å². The van der Waals surface area contributed by atoms with Crippen LogP contribution in [0.2, 0.25) is 0 Å². The van der Waals surface area contributed by atoms with Crippen LogP contribution in [-0.4, -0.2) is 60.5 Å². The molecule has 0 aliphatic heterocycles. The Kier molecular flexibility index (Phi) is 8.97. The summed E-state index contributed by atoms with van der Waals surface area (Å²) in [4.78, 5) is 15.9. The third-order valence-electron chi connectivity index (χ3n) is 3.80. The maximum Gasteiger partial charge on any atom is 0.237 e. The third kappa shape index (κ3) is 7.50. The molecule has 0 spiro atoms. The van der Waals surface area contributed by atoms with E-state index in [1.807, 2.05) is 0 Å². The van der Waals surface area contributed by atoms with Gasteiger partial charge < -0.3 is 21.3 Å². The van der Waals surface area contributed by atoms with E-state index in [-0.39, 0.29) is 0 Å². The summed E-state index contributed by atoms with van der Waals surface area (Å²) in [5.74, 6) is -0.424. The van der Waals surface area contributed by atoms with Crippen LogP contribution in [0.5, 0.6) is 0 Å². The van der Waals surface area contributed by atoms with Crippen molar-refractivity contribution in [2.45, 2.75) is 46.1 Å². The summed E-state index contributed by atoms with van der Waals surface area (Å²) < 4.78 is 0. The number of hydrogen-bond acceptors (Lipinski definition) is 4. The van der Waals surface area contributed by atoms with Gasteiger partial charge in [-0.2, -0.15) is 0 Å². The molecule has 0 heterocycles. The number of rotatable bonds is 11. The Morgan fingerprint density at radius 1 is 1.00 bits per heavy atom. The van der Waals surface area contributed by atoms with Gasteiger partial charge in [0.15, 0.2) is 0 Å². The summed E-state index contributed by atoms with van der Waals surface area (Å²) in [7, 11) is 0. The monoisotopic (exact) mass is 272 g/mol. The summed E-state index contributed by atoms with van der Waals surface area (Å²) in [5, 5.41) is 0. The number of carbonyl (C=O) groups is 1. The highest BCUT2D eigenvalue weighted by atomic mass is 16.1. The molecule has 114 valence electrons. The third-order valence-corrected chi connectivity index (χ3v) is 3.80. The Balaban J connectivity index is 3.99. The maximum atomic E-state index is 11.2. The van der Waals surface area contributed by atoms with E-state index < -0.39 is 11.4 Å². The van der Waals surface area contributed by atoms with Gasteiger partial charge in [0.05, 0.1) is 5.54 Å². The van der Waals surface area contributed by atoms with Crippen LogP contribution in [0.1, 0.15) is 40.5 Å². The molecule has 1 unspecified atom stereocenters. The van der Waals surface area contributed by atoms with Gasteiger partial charge in [-0.15, -0.1) is 0 Å². The SMILES string of the molecule is CCN(CC)CCCN(CC)CCC(C)(N)C(N)=O. The molecule has 0 bridgehead atoms. The fourth-order valence-corrected chi connectivity index (χ4v) is 2.00. The van der Waals surface area contributed by atoms with Crippen molar-refractivity contribution >= 4 is 5.91 Å². The van der Waals surface area contributed by atoms with E-state index in [0.717, 1.165) is 45.7 Å². The fraction of sp³-hybridized carbons (Fsp3) is 0.929.